The van der Waals surface area contributed by atoms with E-state index in [4.69, 9.17) is 0 Å². The van der Waals surface area contributed by atoms with Gasteiger partial charge in [0.05, 0.1) is 16.0 Å². The molecule has 0 spiro atoms. The second-order valence-electron chi connectivity index (χ2n) is 10.8. The van der Waals surface area contributed by atoms with Crippen molar-refractivity contribution in [3.8, 4) is 10.4 Å². The Balaban J connectivity index is 1.91. The van der Waals surface area contributed by atoms with Gasteiger partial charge in [-0.2, -0.15) is 26.3 Å². The van der Waals surface area contributed by atoms with E-state index in [-0.39, 0.29) is 65.9 Å². The Hall–Kier alpha value is -3.33. The first-order valence-corrected chi connectivity index (χ1v) is 13.6. The summed E-state index contributed by atoms with van der Waals surface area (Å²) in [4.78, 5) is 35.8. The van der Waals surface area contributed by atoms with E-state index in [1.807, 2.05) is 0 Å². The minimum atomic E-state index is -5.73. The van der Waals surface area contributed by atoms with Crippen LogP contribution < -0.4 is 5.32 Å². The summed E-state index contributed by atoms with van der Waals surface area (Å²) in [5, 5.41) is 12.1. The van der Waals surface area contributed by atoms with Crippen LogP contribution >= 0.6 is 11.3 Å². The van der Waals surface area contributed by atoms with Gasteiger partial charge in [0.2, 0.25) is 0 Å². The number of thiazole rings is 1. The maximum absolute atomic E-state index is 14.0. The molecule has 0 bridgehead atoms. The predicted octanol–water partition coefficient (Wildman–Crippen LogP) is 5.82. The Morgan fingerprint density at radius 2 is 1.67 bits per heavy atom. The van der Waals surface area contributed by atoms with Crippen molar-refractivity contribution in [1.29, 1.82) is 0 Å². The first-order chi connectivity index (χ1) is 19.3. The zero-order valence-electron chi connectivity index (χ0n) is 22.7. The molecule has 2 amide bonds. The number of fused-ring (bicyclic) bond motifs is 1. The predicted molar refractivity (Wildman–Crippen MR) is 141 cm³/mol. The standard InChI is InChI=1S/C27H27F7N4O3S/c1-24(2,41)13-36-21(39)22-37-19(23(40)38-11-8-14(28)9-12-38)20(42-22)16-6-7-17(18-15(16)5-4-10-35-18)25(3,26(29,30)31)27(32,33)34/h4-7,10,14,41H,8-9,11-13H2,1-3H3,(H,36,39). The van der Waals surface area contributed by atoms with E-state index in [1.54, 1.807) is 0 Å². The third kappa shape index (κ3) is 5.93. The Morgan fingerprint density at radius 3 is 2.24 bits per heavy atom. The van der Waals surface area contributed by atoms with Crippen LogP contribution in [0.2, 0.25) is 0 Å². The second kappa shape index (κ2) is 11.1. The van der Waals surface area contributed by atoms with Crippen molar-refractivity contribution in [3.63, 3.8) is 0 Å². The van der Waals surface area contributed by atoms with Crippen LogP contribution in [-0.2, 0) is 5.41 Å². The molecule has 1 aliphatic heterocycles. The van der Waals surface area contributed by atoms with Crippen molar-refractivity contribution in [2.45, 2.75) is 63.2 Å². The quantitative estimate of drug-likeness (QED) is 0.339. The zero-order chi connectivity index (χ0) is 31.3. The van der Waals surface area contributed by atoms with Crippen LogP contribution in [0.3, 0.4) is 0 Å². The lowest BCUT2D eigenvalue weighted by atomic mass is 9.79. The number of nitrogens with zero attached hydrogens (tertiary/aromatic N) is 3. The van der Waals surface area contributed by atoms with Gasteiger partial charge in [0.25, 0.3) is 11.8 Å². The summed E-state index contributed by atoms with van der Waals surface area (Å²) in [7, 11) is 0. The number of carbonyl (C=O) groups is 2. The summed E-state index contributed by atoms with van der Waals surface area (Å²) in [5.74, 6) is -1.43. The number of amides is 2. The topological polar surface area (TPSA) is 95.4 Å². The van der Waals surface area contributed by atoms with Gasteiger partial charge < -0.3 is 15.3 Å². The number of benzene rings is 1. The third-order valence-corrected chi connectivity index (χ3v) is 8.19. The number of aliphatic hydroxyl groups is 1. The van der Waals surface area contributed by atoms with Gasteiger partial charge in [-0.05, 0) is 39.7 Å². The van der Waals surface area contributed by atoms with Crippen molar-refractivity contribution < 1.29 is 45.4 Å². The van der Waals surface area contributed by atoms with E-state index in [1.165, 1.54) is 30.9 Å². The average Bonchev–Trinajstić information content (AvgIpc) is 3.34. The molecule has 0 atom stereocenters. The summed E-state index contributed by atoms with van der Waals surface area (Å²) in [6, 6.07) is 4.28. The number of halogens is 7. The lowest BCUT2D eigenvalue weighted by Crippen LogP contribution is -2.51. The van der Waals surface area contributed by atoms with E-state index < -0.39 is 52.4 Å². The summed E-state index contributed by atoms with van der Waals surface area (Å²) >= 11 is 0.705. The fraction of sp³-hybridized carbons (Fsp3) is 0.481. The number of nitrogens with one attached hydrogen (secondary N) is 1. The monoisotopic (exact) mass is 620 g/mol. The van der Waals surface area contributed by atoms with Crippen LogP contribution in [0.4, 0.5) is 30.7 Å². The highest BCUT2D eigenvalue weighted by molar-refractivity contribution is 7.17. The van der Waals surface area contributed by atoms with Crippen molar-refractivity contribution in [2.75, 3.05) is 19.6 Å². The molecule has 2 N–H and O–H groups in total. The van der Waals surface area contributed by atoms with Crippen LogP contribution in [0.1, 0.15) is 59.5 Å². The van der Waals surface area contributed by atoms with Gasteiger partial charge in [0.1, 0.15) is 11.9 Å². The van der Waals surface area contributed by atoms with Crippen molar-refractivity contribution in [3.05, 3.63) is 46.7 Å². The van der Waals surface area contributed by atoms with Crippen molar-refractivity contribution in [1.82, 2.24) is 20.2 Å². The SMILES string of the molecule is CC(C)(O)CNC(=O)c1nc(C(=O)N2CCC(F)CC2)c(-c2ccc(C(C)(C(F)(F)F)C(F)(F)F)c3ncccc23)s1. The number of rotatable bonds is 6. The smallest absolute Gasteiger partial charge is 0.389 e. The molecule has 3 heterocycles. The minimum Gasteiger partial charge on any atom is -0.389 e. The molecule has 1 saturated heterocycles. The highest BCUT2D eigenvalue weighted by Crippen LogP contribution is 2.53. The number of piperidine rings is 1. The minimum absolute atomic E-state index is 0.0149. The Morgan fingerprint density at radius 1 is 1.05 bits per heavy atom. The van der Waals surface area contributed by atoms with Gasteiger partial charge >= 0.3 is 12.4 Å². The van der Waals surface area contributed by atoms with Crippen molar-refractivity contribution >= 4 is 34.1 Å². The van der Waals surface area contributed by atoms with Gasteiger partial charge in [-0.1, -0.05) is 18.2 Å². The molecular weight excluding hydrogens is 593 g/mol. The largest absolute Gasteiger partial charge is 0.406 e. The molecule has 0 unspecified atom stereocenters. The average molecular weight is 621 g/mol. The Labute approximate surface area is 239 Å². The van der Waals surface area contributed by atoms with E-state index in [0.29, 0.717) is 17.4 Å². The third-order valence-electron chi connectivity index (χ3n) is 7.10. The lowest BCUT2D eigenvalue weighted by Gasteiger charge is -2.35. The second-order valence-corrected chi connectivity index (χ2v) is 11.8. The van der Waals surface area contributed by atoms with E-state index in [9.17, 15) is 45.4 Å². The summed E-state index contributed by atoms with van der Waals surface area (Å²) < 4.78 is 97.7. The molecule has 15 heteroatoms. The van der Waals surface area contributed by atoms with E-state index >= 15 is 0 Å². The number of likely N-dealkylation sites (tertiary alicyclic amines) is 1. The molecule has 0 radical (unpaired) electrons. The molecule has 1 aromatic carbocycles. The fourth-order valence-corrected chi connectivity index (χ4v) is 5.57. The highest BCUT2D eigenvalue weighted by Gasteiger charge is 2.69. The molecule has 2 aromatic heterocycles. The van der Waals surface area contributed by atoms with Crippen LogP contribution in [0.5, 0.6) is 0 Å². The van der Waals surface area contributed by atoms with Crippen LogP contribution in [0.15, 0.2) is 30.5 Å². The number of hydrogen-bond donors (Lipinski definition) is 2. The number of alkyl halides is 7. The summed E-state index contributed by atoms with van der Waals surface area (Å²) in [5.41, 5.74) is -7.50. The first-order valence-electron chi connectivity index (χ1n) is 12.8. The van der Waals surface area contributed by atoms with Crippen LogP contribution in [-0.4, -0.2) is 75.5 Å². The molecule has 1 aliphatic rings. The van der Waals surface area contributed by atoms with Crippen molar-refractivity contribution in [2.24, 2.45) is 0 Å². The molecule has 7 nitrogen and oxygen atoms in total. The van der Waals surface area contributed by atoms with Gasteiger partial charge in [0.15, 0.2) is 10.4 Å². The van der Waals surface area contributed by atoms with Crippen LogP contribution in [0.25, 0.3) is 21.3 Å². The number of carbonyl (C=O) groups excluding carboxylic acids is 2. The molecule has 1 fully saturated rings. The maximum Gasteiger partial charge on any atom is 0.406 e. The molecule has 0 aliphatic carbocycles. The zero-order valence-corrected chi connectivity index (χ0v) is 23.5. The fourth-order valence-electron chi connectivity index (χ4n) is 4.56. The molecular formula is C27H27F7N4O3S. The first kappa shape index (κ1) is 31.6. The molecule has 0 saturated carbocycles. The number of pyridine rings is 1. The maximum atomic E-state index is 14.0. The summed E-state index contributed by atoms with van der Waals surface area (Å²) in [6.07, 6.45) is -11.4. The number of hydrogen-bond acceptors (Lipinski definition) is 6. The Bertz CT molecular complexity index is 1480. The highest BCUT2D eigenvalue weighted by atomic mass is 32.1. The van der Waals surface area contributed by atoms with Gasteiger partial charge in [-0.15, -0.1) is 11.3 Å². The molecule has 3 aromatic rings. The van der Waals surface area contributed by atoms with E-state index in [0.717, 1.165) is 12.3 Å². The molecule has 42 heavy (non-hydrogen) atoms. The summed E-state index contributed by atoms with van der Waals surface area (Å²) in [6.45, 7) is 2.85. The van der Waals surface area contributed by atoms with Crippen LogP contribution in [0, 0.1) is 0 Å². The number of aromatic nitrogens is 2. The molecule has 228 valence electrons. The van der Waals surface area contributed by atoms with Gasteiger partial charge in [0, 0.05) is 42.3 Å². The Kier molecular flexibility index (Phi) is 8.32. The van der Waals surface area contributed by atoms with E-state index in [2.05, 4.69) is 15.3 Å². The lowest BCUT2D eigenvalue weighted by molar-refractivity contribution is -0.296. The molecule has 4 rings (SSSR count). The van der Waals surface area contributed by atoms with Gasteiger partial charge in [-0.25, -0.2) is 9.37 Å². The van der Waals surface area contributed by atoms with Gasteiger partial charge in [-0.3, -0.25) is 14.6 Å². The normalized spacial score (nSPS) is 15.7.